The van der Waals surface area contributed by atoms with E-state index in [-0.39, 0.29) is 5.82 Å². The molecule has 3 nitrogen and oxygen atoms in total. The van der Waals surface area contributed by atoms with Crippen molar-refractivity contribution in [3.05, 3.63) is 40.8 Å². The number of aromatic nitrogens is 2. The summed E-state index contributed by atoms with van der Waals surface area (Å²) in [7, 11) is 1.85. The maximum Gasteiger partial charge on any atom is 0.124 e. The Morgan fingerprint density at radius 2 is 2.25 bits per heavy atom. The van der Waals surface area contributed by atoms with E-state index in [0.717, 1.165) is 17.0 Å². The zero-order valence-electron chi connectivity index (χ0n) is 8.72. The van der Waals surface area contributed by atoms with Crippen LogP contribution in [0.5, 0.6) is 0 Å². The molecular formula is C11H11ClFN3. The van der Waals surface area contributed by atoms with Crippen LogP contribution >= 0.6 is 11.6 Å². The van der Waals surface area contributed by atoms with Gasteiger partial charge in [0.2, 0.25) is 0 Å². The van der Waals surface area contributed by atoms with E-state index in [9.17, 15) is 4.39 Å². The topological polar surface area (TPSA) is 40.7 Å². The molecule has 1 aromatic carbocycles. The first-order valence-corrected chi connectivity index (χ1v) is 5.23. The van der Waals surface area contributed by atoms with Crippen LogP contribution in [0.15, 0.2) is 24.3 Å². The first kappa shape index (κ1) is 11.1. The van der Waals surface area contributed by atoms with Gasteiger partial charge in [0.25, 0.3) is 0 Å². The highest BCUT2D eigenvalue weighted by molar-refractivity contribution is 6.33. The summed E-state index contributed by atoms with van der Waals surface area (Å²) in [5, 5.41) is 10.4. The molecule has 0 saturated heterocycles. The smallest absolute Gasteiger partial charge is 0.124 e. The van der Waals surface area contributed by atoms with Gasteiger partial charge < -0.3 is 5.32 Å². The number of H-pyrrole nitrogens is 1. The van der Waals surface area contributed by atoms with Crippen LogP contribution in [0.25, 0.3) is 11.3 Å². The Morgan fingerprint density at radius 1 is 1.44 bits per heavy atom. The quantitative estimate of drug-likeness (QED) is 0.865. The van der Waals surface area contributed by atoms with Gasteiger partial charge in [-0.1, -0.05) is 11.6 Å². The minimum atomic E-state index is -0.347. The van der Waals surface area contributed by atoms with Crippen LogP contribution in [0.4, 0.5) is 4.39 Å². The van der Waals surface area contributed by atoms with Gasteiger partial charge in [-0.05, 0) is 31.3 Å². The average molecular weight is 240 g/mol. The Morgan fingerprint density at radius 3 is 2.94 bits per heavy atom. The van der Waals surface area contributed by atoms with Crippen LogP contribution in [0.1, 0.15) is 5.69 Å². The van der Waals surface area contributed by atoms with Crippen LogP contribution in [0.3, 0.4) is 0 Å². The van der Waals surface area contributed by atoms with E-state index in [2.05, 4.69) is 15.5 Å². The van der Waals surface area contributed by atoms with Crippen LogP contribution < -0.4 is 5.32 Å². The zero-order valence-corrected chi connectivity index (χ0v) is 9.48. The van der Waals surface area contributed by atoms with Crippen molar-refractivity contribution in [1.29, 1.82) is 0 Å². The van der Waals surface area contributed by atoms with Crippen molar-refractivity contribution in [3.8, 4) is 11.3 Å². The van der Waals surface area contributed by atoms with Gasteiger partial charge in [-0.2, -0.15) is 5.10 Å². The summed E-state index contributed by atoms with van der Waals surface area (Å²) in [6.07, 6.45) is 0. The fourth-order valence-corrected chi connectivity index (χ4v) is 1.74. The lowest BCUT2D eigenvalue weighted by Gasteiger charge is -1.99. The summed E-state index contributed by atoms with van der Waals surface area (Å²) >= 11 is 5.94. The van der Waals surface area contributed by atoms with Crippen molar-refractivity contribution in [2.45, 2.75) is 6.54 Å². The maximum atomic E-state index is 12.9. The molecule has 0 bridgehead atoms. The molecule has 0 atom stereocenters. The van der Waals surface area contributed by atoms with E-state index >= 15 is 0 Å². The lowest BCUT2D eigenvalue weighted by atomic mass is 10.1. The normalized spacial score (nSPS) is 10.7. The van der Waals surface area contributed by atoms with Crippen LogP contribution in [0, 0.1) is 5.82 Å². The van der Waals surface area contributed by atoms with Gasteiger partial charge in [-0.25, -0.2) is 4.39 Å². The molecule has 0 unspecified atom stereocenters. The Hall–Kier alpha value is -1.39. The monoisotopic (exact) mass is 239 g/mol. The summed E-state index contributed by atoms with van der Waals surface area (Å²) in [6, 6.07) is 6.16. The van der Waals surface area contributed by atoms with Crippen LogP contribution in [-0.4, -0.2) is 17.2 Å². The third-order valence-corrected chi connectivity index (χ3v) is 2.52. The Bertz CT molecular complexity index is 496. The van der Waals surface area contributed by atoms with Gasteiger partial charge in [0, 0.05) is 17.8 Å². The predicted octanol–water partition coefficient (Wildman–Crippen LogP) is 2.59. The van der Waals surface area contributed by atoms with E-state index < -0.39 is 0 Å². The van der Waals surface area contributed by atoms with E-state index in [1.165, 1.54) is 12.1 Å². The number of hydrogen-bond acceptors (Lipinski definition) is 2. The highest BCUT2D eigenvalue weighted by Gasteiger charge is 2.08. The highest BCUT2D eigenvalue weighted by Crippen LogP contribution is 2.27. The van der Waals surface area contributed by atoms with Crippen molar-refractivity contribution in [1.82, 2.24) is 15.5 Å². The number of hydrogen-bond donors (Lipinski definition) is 2. The van der Waals surface area contributed by atoms with Crippen LogP contribution in [0.2, 0.25) is 5.02 Å². The minimum absolute atomic E-state index is 0.347. The van der Waals surface area contributed by atoms with Gasteiger partial charge in [0.15, 0.2) is 0 Å². The van der Waals surface area contributed by atoms with Gasteiger partial charge >= 0.3 is 0 Å². The summed E-state index contributed by atoms with van der Waals surface area (Å²) in [6.45, 7) is 0.700. The molecular weight excluding hydrogens is 229 g/mol. The number of rotatable bonds is 3. The molecule has 0 aliphatic rings. The molecule has 0 radical (unpaired) electrons. The molecule has 0 amide bonds. The Kier molecular flexibility index (Phi) is 3.22. The second-order valence-electron chi connectivity index (χ2n) is 3.43. The number of nitrogens with one attached hydrogen (secondary N) is 2. The molecule has 0 saturated carbocycles. The maximum absolute atomic E-state index is 12.9. The van der Waals surface area contributed by atoms with Gasteiger partial charge in [-0.15, -0.1) is 0 Å². The Labute approximate surface area is 97.6 Å². The summed E-state index contributed by atoms with van der Waals surface area (Å²) < 4.78 is 12.9. The van der Waals surface area contributed by atoms with Crippen molar-refractivity contribution in [3.63, 3.8) is 0 Å². The molecule has 0 spiro atoms. The second kappa shape index (κ2) is 4.63. The molecule has 1 heterocycles. The SMILES string of the molecule is CNCc1cc(-c2ccc(F)cc2Cl)n[nH]1. The molecule has 0 fully saturated rings. The second-order valence-corrected chi connectivity index (χ2v) is 3.84. The van der Waals surface area contributed by atoms with Gasteiger partial charge in [0.05, 0.1) is 10.7 Å². The third-order valence-electron chi connectivity index (χ3n) is 2.21. The van der Waals surface area contributed by atoms with E-state index in [0.29, 0.717) is 11.6 Å². The molecule has 2 N–H and O–H groups in total. The van der Waals surface area contributed by atoms with E-state index in [4.69, 9.17) is 11.6 Å². The van der Waals surface area contributed by atoms with Gasteiger partial charge in [-0.3, -0.25) is 5.10 Å². The molecule has 1 aromatic heterocycles. The molecule has 0 aliphatic heterocycles. The molecule has 16 heavy (non-hydrogen) atoms. The molecule has 0 aliphatic carbocycles. The Balaban J connectivity index is 2.35. The molecule has 2 rings (SSSR count). The fourth-order valence-electron chi connectivity index (χ4n) is 1.48. The average Bonchev–Trinajstić information content (AvgIpc) is 2.67. The zero-order chi connectivity index (χ0) is 11.5. The van der Waals surface area contributed by atoms with Crippen molar-refractivity contribution in [2.24, 2.45) is 0 Å². The fraction of sp³-hybridized carbons (Fsp3) is 0.182. The van der Waals surface area contributed by atoms with Crippen molar-refractivity contribution < 1.29 is 4.39 Å². The third kappa shape index (κ3) is 2.23. The molecule has 2 aromatic rings. The van der Waals surface area contributed by atoms with E-state index in [1.807, 2.05) is 13.1 Å². The van der Waals surface area contributed by atoms with Crippen molar-refractivity contribution >= 4 is 11.6 Å². The first-order valence-electron chi connectivity index (χ1n) is 4.85. The predicted molar refractivity (Wildman–Crippen MR) is 61.8 cm³/mol. The summed E-state index contributed by atoms with van der Waals surface area (Å²) in [5.41, 5.74) is 2.40. The molecule has 5 heteroatoms. The standard InChI is InChI=1S/C11H11ClFN3/c1-14-6-8-5-11(16-15-8)9-3-2-7(13)4-10(9)12/h2-5,14H,6H2,1H3,(H,15,16). The lowest BCUT2D eigenvalue weighted by molar-refractivity contribution is 0.628. The minimum Gasteiger partial charge on any atom is -0.314 e. The van der Waals surface area contributed by atoms with Crippen LogP contribution in [-0.2, 0) is 6.54 Å². The summed E-state index contributed by atoms with van der Waals surface area (Å²) in [5.74, 6) is -0.347. The van der Waals surface area contributed by atoms with Gasteiger partial charge in [0.1, 0.15) is 5.82 Å². The number of halogens is 2. The molecule has 84 valence electrons. The number of aromatic amines is 1. The van der Waals surface area contributed by atoms with Crippen molar-refractivity contribution in [2.75, 3.05) is 7.05 Å². The summed E-state index contributed by atoms with van der Waals surface area (Å²) in [4.78, 5) is 0. The number of nitrogens with zero attached hydrogens (tertiary/aromatic N) is 1. The highest BCUT2D eigenvalue weighted by atomic mass is 35.5. The van der Waals surface area contributed by atoms with E-state index in [1.54, 1.807) is 6.07 Å². The first-order chi connectivity index (χ1) is 7.70. The number of benzene rings is 1. The lowest BCUT2D eigenvalue weighted by Crippen LogP contribution is -2.04. The largest absolute Gasteiger partial charge is 0.314 e.